The molecule has 1 rings (SSSR count). The highest BCUT2D eigenvalue weighted by atomic mass is 32.1. The van der Waals surface area contributed by atoms with E-state index in [9.17, 15) is 9.59 Å². The first-order valence-electron chi connectivity index (χ1n) is 3.79. The topological polar surface area (TPSA) is 40.6 Å². The molecule has 0 aromatic heterocycles. The van der Waals surface area contributed by atoms with Crippen LogP contribution >= 0.6 is 12.2 Å². The van der Waals surface area contributed by atoms with E-state index in [0.29, 0.717) is 6.54 Å². The summed E-state index contributed by atoms with van der Waals surface area (Å²) in [6.45, 7) is 3.87. The zero-order valence-electron chi connectivity index (χ0n) is 7.32. The van der Waals surface area contributed by atoms with Gasteiger partial charge in [0.05, 0.1) is 0 Å². The van der Waals surface area contributed by atoms with E-state index >= 15 is 0 Å². The highest BCUT2D eigenvalue weighted by Gasteiger charge is 2.31. The van der Waals surface area contributed by atoms with Gasteiger partial charge in [0.15, 0.2) is 5.11 Å². The van der Waals surface area contributed by atoms with Gasteiger partial charge in [0, 0.05) is 13.6 Å². The third-order valence-corrected chi connectivity index (χ3v) is 2.30. The molecular weight excluding hydrogens is 188 g/mol. The summed E-state index contributed by atoms with van der Waals surface area (Å²) in [7, 11) is 1.56. The molecule has 0 aromatic carbocycles. The highest BCUT2D eigenvalue weighted by molar-refractivity contribution is 7.80. The Balaban J connectivity index is 2.85. The van der Waals surface area contributed by atoms with Gasteiger partial charge in [0.25, 0.3) is 0 Å². The summed E-state index contributed by atoms with van der Waals surface area (Å²) in [5.41, 5.74) is 0. The zero-order chi connectivity index (χ0) is 10.0. The van der Waals surface area contributed by atoms with Gasteiger partial charge in [-0.3, -0.25) is 19.4 Å². The number of rotatable bonds is 2. The summed E-state index contributed by atoms with van der Waals surface area (Å²) >= 11 is 4.93. The van der Waals surface area contributed by atoms with Crippen molar-refractivity contribution < 1.29 is 9.59 Å². The molecule has 1 heterocycles. The van der Waals surface area contributed by atoms with Crippen molar-refractivity contribution in [3.05, 3.63) is 12.7 Å². The van der Waals surface area contributed by atoms with Gasteiger partial charge in [-0.05, 0) is 12.2 Å². The number of carbonyl (C=O) groups is 2. The summed E-state index contributed by atoms with van der Waals surface area (Å²) < 4.78 is 0. The first-order chi connectivity index (χ1) is 6.07. The van der Waals surface area contributed by atoms with Crippen LogP contribution in [0.2, 0.25) is 0 Å². The largest absolute Gasteiger partial charge is 0.292 e. The molecule has 70 valence electrons. The SMILES string of the molecule is C=CCN1C(=O)CC(=O)N(C)C1=S. The van der Waals surface area contributed by atoms with Crippen molar-refractivity contribution in [1.82, 2.24) is 9.80 Å². The lowest BCUT2D eigenvalue weighted by atomic mass is 10.3. The second-order valence-corrected chi connectivity index (χ2v) is 3.07. The molecule has 0 spiro atoms. The number of thiocarbonyl (C=S) groups is 1. The molecule has 0 atom stereocenters. The molecule has 13 heavy (non-hydrogen) atoms. The normalized spacial score (nSPS) is 18.1. The molecule has 1 aliphatic rings. The van der Waals surface area contributed by atoms with E-state index < -0.39 is 0 Å². The number of hydrogen-bond acceptors (Lipinski definition) is 3. The zero-order valence-corrected chi connectivity index (χ0v) is 8.13. The maximum atomic E-state index is 11.3. The van der Waals surface area contributed by atoms with Gasteiger partial charge < -0.3 is 0 Å². The van der Waals surface area contributed by atoms with Gasteiger partial charge >= 0.3 is 0 Å². The summed E-state index contributed by atoms with van der Waals surface area (Å²) in [4.78, 5) is 25.1. The van der Waals surface area contributed by atoms with E-state index in [4.69, 9.17) is 12.2 Å². The third kappa shape index (κ3) is 1.75. The van der Waals surface area contributed by atoms with Crippen LogP contribution in [0.5, 0.6) is 0 Å². The van der Waals surface area contributed by atoms with Crippen LogP contribution in [0.1, 0.15) is 6.42 Å². The molecule has 0 saturated carbocycles. The van der Waals surface area contributed by atoms with Crippen LogP contribution in [0.15, 0.2) is 12.7 Å². The Hall–Kier alpha value is -1.23. The van der Waals surface area contributed by atoms with Gasteiger partial charge in [-0.15, -0.1) is 6.58 Å². The molecule has 1 saturated heterocycles. The van der Waals surface area contributed by atoms with E-state index in [1.807, 2.05) is 0 Å². The quantitative estimate of drug-likeness (QED) is 0.360. The van der Waals surface area contributed by atoms with Crippen LogP contribution in [-0.2, 0) is 9.59 Å². The van der Waals surface area contributed by atoms with E-state index in [-0.39, 0.29) is 23.3 Å². The van der Waals surface area contributed by atoms with Crippen LogP contribution in [0.4, 0.5) is 0 Å². The van der Waals surface area contributed by atoms with E-state index in [1.54, 1.807) is 13.1 Å². The fraction of sp³-hybridized carbons (Fsp3) is 0.375. The monoisotopic (exact) mass is 198 g/mol. The molecular formula is C8H10N2O2S. The summed E-state index contributed by atoms with van der Waals surface area (Å²) in [6, 6.07) is 0. The Morgan fingerprint density at radius 2 is 2.15 bits per heavy atom. The van der Waals surface area contributed by atoms with Crippen LogP contribution in [0.3, 0.4) is 0 Å². The fourth-order valence-electron chi connectivity index (χ4n) is 1.05. The van der Waals surface area contributed by atoms with Crippen LogP contribution in [0.25, 0.3) is 0 Å². The smallest absolute Gasteiger partial charge is 0.238 e. The van der Waals surface area contributed by atoms with Gasteiger partial charge in [-0.1, -0.05) is 6.08 Å². The average molecular weight is 198 g/mol. The van der Waals surface area contributed by atoms with Gasteiger partial charge in [-0.25, -0.2) is 0 Å². The summed E-state index contributed by atoms with van der Waals surface area (Å²) in [5.74, 6) is -0.511. The Morgan fingerprint density at radius 3 is 2.69 bits per heavy atom. The van der Waals surface area contributed by atoms with Crippen molar-refractivity contribution in [1.29, 1.82) is 0 Å². The molecule has 4 nitrogen and oxygen atoms in total. The Kier molecular flexibility index (Phi) is 2.77. The minimum atomic E-state index is -0.256. The van der Waals surface area contributed by atoms with Crippen molar-refractivity contribution in [2.45, 2.75) is 6.42 Å². The minimum Gasteiger partial charge on any atom is -0.292 e. The molecule has 0 aliphatic carbocycles. The number of hydrogen-bond donors (Lipinski definition) is 0. The van der Waals surface area contributed by atoms with Gasteiger partial charge in [0.1, 0.15) is 6.42 Å². The predicted octanol–water partition coefficient (Wildman–Crippen LogP) is 0.148. The van der Waals surface area contributed by atoms with Crippen molar-refractivity contribution >= 4 is 29.1 Å². The highest BCUT2D eigenvalue weighted by Crippen LogP contribution is 2.09. The molecule has 0 aromatic rings. The first kappa shape index (κ1) is 9.85. The van der Waals surface area contributed by atoms with Crippen LogP contribution in [0, 0.1) is 0 Å². The number of amides is 2. The van der Waals surface area contributed by atoms with E-state index in [2.05, 4.69) is 6.58 Å². The molecule has 2 amide bonds. The van der Waals surface area contributed by atoms with Gasteiger partial charge in [-0.2, -0.15) is 0 Å². The maximum Gasteiger partial charge on any atom is 0.238 e. The maximum absolute atomic E-state index is 11.3. The summed E-state index contributed by atoms with van der Waals surface area (Å²) in [5, 5.41) is 0.251. The Labute approximate surface area is 81.8 Å². The summed E-state index contributed by atoms with van der Waals surface area (Å²) in [6.07, 6.45) is 1.47. The van der Waals surface area contributed by atoms with Crippen molar-refractivity contribution in [3.63, 3.8) is 0 Å². The van der Waals surface area contributed by atoms with Crippen LogP contribution < -0.4 is 0 Å². The lowest BCUT2D eigenvalue weighted by Crippen LogP contribution is -2.53. The van der Waals surface area contributed by atoms with Gasteiger partial charge in [0.2, 0.25) is 11.8 Å². The third-order valence-electron chi connectivity index (χ3n) is 1.81. The Bertz CT molecular complexity index is 288. The lowest BCUT2D eigenvalue weighted by Gasteiger charge is -2.32. The molecule has 5 heteroatoms. The Morgan fingerprint density at radius 1 is 1.54 bits per heavy atom. The van der Waals surface area contributed by atoms with Crippen molar-refractivity contribution in [2.75, 3.05) is 13.6 Å². The minimum absolute atomic E-state index is 0.107. The van der Waals surface area contributed by atoms with E-state index in [0.717, 1.165) is 0 Å². The van der Waals surface area contributed by atoms with Crippen molar-refractivity contribution in [3.8, 4) is 0 Å². The number of carbonyl (C=O) groups excluding carboxylic acids is 2. The molecule has 1 aliphatic heterocycles. The second-order valence-electron chi connectivity index (χ2n) is 2.71. The number of nitrogens with zero attached hydrogens (tertiary/aromatic N) is 2. The molecule has 0 radical (unpaired) electrons. The molecule has 0 bridgehead atoms. The molecule has 0 N–H and O–H groups in total. The van der Waals surface area contributed by atoms with E-state index in [1.165, 1.54) is 9.80 Å². The fourth-order valence-corrected chi connectivity index (χ4v) is 1.32. The molecule has 0 unspecified atom stereocenters. The van der Waals surface area contributed by atoms with Crippen LogP contribution in [-0.4, -0.2) is 40.3 Å². The lowest BCUT2D eigenvalue weighted by molar-refractivity contribution is -0.139. The molecule has 1 fully saturated rings. The predicted molar refractivity (Wildman–Crippen MR) is 51.9 cm³/mol. The average Bonchev–Trinajstić information content (AvgIpc) is 2.09. The standard InChI is InChI=1S/C8H10N2O2S/c1-3-4-10-7(12)5-6(11)9(2)8(10)13/h3H,1,4-5H2,2H3. The van der Waals surface area contributed by atoms with Crippen molar-refractivity contribution in [2.24, 2.45) is 0 Å². The first-order valence-corrected chi connectivity index (χ1v) is 4.20. The second kappa shape index (κ2) is 3.66.